The summed E-state index contributed by atoms with van der Waals surface area (Å²) < 4.78 is 1.47. The molecule has 0 aliphatic rings. The lowest BCUT2D eigenvalue weighted by atomic mass is 10.2. The van der Waals surface area contributed by atoms with E-state index in [0.717, 1.165) is 10.2 Å². The van der Waals surface area contributed by atoms with Crippen molar-refractivity contribution in [3.05, 3.63) is 67.1 Å². The number of halogens is 2. The Kier molecular flexibility index (Phi) is 6.44. The van der Waals surface area contributed by atoms with Crippen LogP contribution < -0.4 is 10.7 Å². The first-order valence-corrected chi connectivity index (χ1v) is 8.29. The number of nitrogens with zero attached hydrogens (tertiary/aromatic N) is 2. The van der Waals surface area contributed by atoms with Crippen LogP contribution in [0.5, 0.6) is 0 Å². The van der Waals surface area contributed by atoms with Gasteiger partial charge in [0.05, 0.1) is 17.7 Å². The minimum atomic E-state index is -0.485. The molecule has 0 saturated heterocycles. The first-order valence-electron chi connectivity index (χ1n) is 6.71. The van der Waals surface area contributed by atoms with E-state index in [1.807, 2.05) is 24.3 Å². The molecule has 0 aromatic heterocycles. The number of anilines is 1. The summed E-state index contributed by atoms with van der Waals surface area (Å²) in [4.78, 5) is 21.9. The van der Waals surface area contributed by atoms with Gasteiger partial charge in [-0.25, -0.2) is 5.43 Å². The van der Waals surface area contributed by atoms with E-state index in [0.29, 0.717) is 10.0 Å². The summed E-state index contributed by atoms with van der Waals surface area (Å²) in [7, 11) is 0. The van der Waals surface area contributed by atoms with Gasteiger partial charge in [-0.15, -0.1) is 0 Å². The minimum absolute atomic E-state index is 0.0261. The Hall–Kier alpha value is -2.26. The quantitative estimate of drug-likeness (QED) is 0.394. The molecule has 9 heteroatoms. The van der Waals surface area contributed by atoms with Crippen LogP contribution in [0.2, 0.25) is 0 Å². The number of nitrogens with one attached hydrogen (secondary N) is 2. The lowest BCUT2D eigenvalue weighted by Crippen LogP contribution is -2.25. The normalized spacial score (nSPS) is 10.6. The summed E-state index contributed by atoms with van der Waals surface area (Å²) in [6, 6.07) is 11.7. The minimum Gasteiger partial charge on any atom is -0.376 e. The fourth-order valence-electron chi connectivity index (χ4n) is 1.70. The molecule has 0 spiro atoms. The van der Waals surface area contributed by atoms with Crippen LogP contribution >= 0.6 is 31.9 Å². The van der Waals surface area contributed by atoms with Crippen LogP contribution in [0.1, 0.15) is 5.56 Å². The number of benzene rings is 2. The number of rotatable bonds is 6. The van der Waals surface area contributed by atoms with Gasteiger partial charge in [0.2, 0.25) is 0 Å². The van der Waals surface area contributed by atoms with E-state index in [2.05, 4.69) is 47.7 Å². The Morgan fingerprint density at radius 3 is 2.54 bits per heavy atom. The van der Waals surface area contributed by atoms with Crippen LogP contribution in [-0.2, 0) is 4.79 Å². The van der Waals surface area contributed by atoms with Gasteiger partial charge in [-0.3, -0.25) is 14.9 Å². The topological polar surface area (TPSA) is 96.6 Å². The van der Waals surface area contributed by atoms with Crippen LogP contribution in [0.3, 0.4) is 0 Å². The van der Waals surface area contributed by atoms with E-state index in [-0.39, 0.29) is 18.1 Å². The fourth-order valence-corrected chi connectivity index (χ4v) is 2.43. The van der Waals surface area contributed by atoms with Crippen LogP contribution in [0.15, 0.2) is 56.5 Å². The third-order valence-corrected chi connectivity index (χ3v) is 4.10. The van der Waals surface area contributed by atoms with E-state index < -0.39 is 4.92 Å². The predicted molar refractivity (Wildman–Crippen MR) is 99.2 cm³/mol. The number of hydrogen-bond acceptors (Lipinski definition) is 5. The summed E-state index contributed by atoms with van der Waals surface area (Å²) in [5, 5.41) is 17.5. The first kappa shape index (κ1) is 18.1. The molecule has 1 amide bonds. The molecule has 0 aliphatic heterocycles. The maximum atomic E-state index is 11.7. The standard InChI is InChI=1S/C15H12Br2N4O3/c16-11-2-4-12(5-3-11)18-9-15(22)20-19-8-10-1-6-13(21(23)24)7-14(10)17/h1-8,18H,9H2,(H,20,22)/b19-8-. The molecule has 0 heterocycles. The number of hydrogen-bond donors (Lipinski definition) is 2. The van der Waals surface area contributed by atoms with E-state index in [9.17, 15) is 14.9 Å². The van der Waals surface area contributed by atoms with Gasteiger partial charge in [0.15, 0.2) is 0 Å². The van der Waals surface area contributed by atoms with Crippen molar-refractivity contribution in [2.45, 2.75) is 0 Å². The maximum absolute atomic E-state index is 11.7. The Balaban J connectivity index is 1.86. The lowest BCUT2D eigenvalue weighted by Gasteiger charge is -2.05. The van der Waals surface area contributed by atoms with Crippen LogP contribution in [0.4, 0.5) is 11.4 Å². The molecule has 124 valence electrons. The number of amides is 1. The summed E-state index contributed by atoms with van der Waals surface area (Å²) in [6.07, 6.45) is 1.41. The molecule has 24 heavy (non-hydrogen) atoms. The summed E-state index contributed by atoms with van der Waals surface area (Å²) in [6.45, 7) is 0.0698. The average Bonchev–Trinajstić information content (AvgIpc) is 2.55. The average molecular weight is 456 g/mol. The van der Waals surface area contributed by atoms with E-state index in [1.165, 1.54) is 24.4 Å². The third-order valence-electron chi connectivity index (χ3n) is 2.89. The summed E-state index contributed by atoms with van der Waals surface area (Å²) in [5.41, 5.74) is 3.78. The lowest BCUT2D eigenvalue weighted by molar-refractivity contribution is -0.384. The van der Waals surface area contributed by atoms with Crippen LogP contribution in [0, 0.1) is 10.1 Å². The number of nitro groups is 1. The van der Waals surface area contributed by atoms with Crippen molar-refractivity contribution in [1.29, 1.82) is 0 Å². The van der Waals surface area contributed by atoms with Gasteiger partial charge in [-0.2, -0.15) is 5.10 Å². The van der Waals surface area contributed by atoms with E-state index >= 15 is 0 Å². The van der Waals surface area contributed by atoms with Gasteiger partial charge in [-0.1, -0.05) is 15.9 Å². The molecule has 7 nitrogen and oxygen atoms in total. The second kappa shape index (κ2) is 8.55. The van der Waals surface area contributed by atoms with Gasteiger partial charge in [-0.05, 0) is 46.3 Å². The van der Waals surface area contributed by atoms with Gasteiger partial charge in [0.1, 0.15) is 0 Å². The molecule has 0 radical (unpaired) electrons. The fraction of sp³-hybridized carbons (Fsp3) is 0.0667. The highest BCUT2D eigenvalue weighted by Crippen LogP contribution is 2.21. The molecule has 0 bridgehead atoms. The zero-order chi connectivity index (χ0) is 17.5. The van der Waals surface area contributed by atoms with E-state index in [1.54, 1.807) is 0 Å². The number of non-ortho nitro benzene ring substituents is 1. The summed E-state index contributed by atoms with van der Waals surface area (Å²) in [5.74, 6) is -0.313. The van der Waals surface area contributed by atoms with Crippen molar-refractivity contribution in [3.63, 3.8) is 0 Å². The number of hydrazone groups is 1. The molecular formula is C15H12Br2N4O3. The Bertz CT molecular complexity index is 779. The Morgan fingerprint density at radius 2 is 1.92 bits per heavy atom. The smallest absolute Gasteiger partial charge is 0.270 e. The Morgan fingerprint density at radius 1 is 1.21 bits per heavy atom. The zero-order valence-electron chi connectivity index (χ0n) is 12.2. The molecule has 0 unspecified atom stereocenters. The molecule has 0 atom stereocenters. The third kappa shape index (κ3) is 5.43. The highest BCUT2D eigenvalue weighted by molar-refractivity contribution is 9.10. The number of carbonyl (C=O) groups excluding carboxylic acids is 1. The summed E-state index contributed by atoms with van der Waals surface area (Å²) >= 11 is 6.56. The van der Waals surface area contributed by atoms with Gasteiger partial charge >= 0.3 is 0 Å². The monoisotopic (exact) mass is 454 g/mol. The molecule has 2 rings (SSSR count). The van der Waals surface area contributed by atoms with Crippen molar-refractivity contribution in [2.24, 2.45) is 5.10 Å². The van der Waals surface area contributed by atoms with Crippen molar-refractivity contribution in [2.75, 3.05) is 11.9 Å². The largest absolute Gasteiger partial charge is 0.376 e. The molecular weight excluding hydrogens is 444 g/mol. The number of nitro benzene ring substituents is 1. The maximum Gasteiger partial charge on any atom is 0.270 e. The first-order chi connectivity index (χ1) is 11.5. The highest BCUT2D eigenvalue weighted by atomic mass is 79.9. The predicted octanol–water partition coefficient (Wildman–Crippen LogP) is 3.68. The second-order valence-electron chi connectivity index (χ2n) is 4.62. The van der Waals surface area contributed by atoms with Gasteiger partial charge in [0, 0.05) is 32.3 Å². The number of carbonyl (C=O) groups is 1. The SMILES string of the molecule is O=C(CNc1ccc(Br)cc1)N/N=C\c1ccc([N+](=O)[O-])cc1Br. The van der Waals surface area contributed by atoms with Crippen LogP contribution in [0.25, 0.3) is 0 Å². The van der Waals surface area contributed by atoms with E-state index in [4.69, 9.17) is 0 Å². The van der Waals surface area contributed by atoms with Gasteiger partial charge < -0.3 is 5.32 Å². The molecule has 2 aromatic rings. The second-order valence-corrected chi connectivity index (χ2v) is 6.39. The highest BCUT2D eigenvalue weighted by Gasteiger charge is 2.07. The molecule has 0 aliphatic carbocycles. The molecule has 0 saturated carbocycles. The van der Waals surface area contributed by atoms with Crippen molar-refractivity contribution >= 4 is 55.4 Å². The van der Waals surface area contributed by atoms with Crippen molar-refractivity contribution < 1.29 is 9.72 Å². The molecule has 2 aromatic carbocycles. The molecule has 0 fully saturated rings. The zero-order valence-corrected chi connectivity index (χ0v) is 15.4. The Labute approximate surface area is 154 Å². The van der Waals surface area contributed by atoms with Crippen LogP contribution in [-0.4, -0.2) is 23.6 Å². The van der Waals surface area contributed by atoms with Crippen molar-refractivity contribution in [3.8, 4) is 0 Å². The molecule has 2 N–H and O–H groups in total. The van der Waals surface area contributed by atoms with Crippen molar-refractivity contribution in [1.82, 2.24) is 5.43 Å². The van der Waals surface area contributed by atoms with Gasteiger partial charge in [0.25, 0.3) is 11.6 Å².